The number of methoxy groups -OCH3 is 1. The molecule has 0 saturated carbocycles. The second kappa shape index (κ2) is 8.53. The Morgan fingerprint density at radius 3 is 2.56 bits per heavy atom. The van der Waals surface area contributed by atoms with E-state index in [0.717, 1.165) is 31.7 Å². The van der Waals surface area contributed by atoms with Gasteiger partial charge < -0.3 is 9.84 Å². The zero-order chi connectivity index (χ0) is 20.2. The summed E-state index contributed by atoms with van der Waals surface area (Å²) in [5.41, 5.74) is 5.03. The molecule has 150 valence electrons. The number of hydrogen-bond acceptors (Lipinski definition) is 5. The fourth-order valence-corrected chi connectivity index (χ4v) is 2.91. The summed E-state index contributed by atoms with van der Waals surface area (Å²) in [6, 6.07) is 0. The lowest BCUT2D eigenvalue weighted by Gasteiger charge is -2.27. The Bertz CT molecular complexity index is 785. The molecule has 2 aromatic heterocycles. The van der Waals surface area contributed by atoms with Gasteiger partial charge in [0.2, 0.25) is 0 Å². The molecule has 2 aromatic rings. The summed E-state index contributed by atoms with van der Waals surface area (Å²) >= 11 is 0. The van der Waals surface area contributed by atoms with Crippen LogP contribution in [0, 0.1) is 0 Å². The lowest BCUT2D eigenvalue weighted by Crippen LogP contribution is -2.31. The Morgan fingerprint density at radius 1 is 1.37 bits per heavy atom. The molecule has 1 aliphatic rings. The van der Waals surface area contributed by atoms with E-state index >= 15 is 0 Å². The van der Waals surface area contributed by atoms with Gasteiger partial charge in [0, 0.05) is 58.2 Å². The van der Waals surface area contributed by atoms with E-state index < -0.39 is 12.1 Å². The number of aryl methyl sites for hydroxylation is 2. The minimum absolute atomic E-state index is 0.603. The largest absolute Gasteiger partial charge is 0.490 e. The molecule has 27 heavy (non-hydrogen) atoms. The van der Waals surface area contributed by atoms with Crippen LogP contribution >= 0.6 is 0 Å². The van der Waals surface area contributed by atoms with Gasteiger partial charge in [-0.05, 0) is 6.42 Å². The van der Waals surface area contributed by atoms with Gasteiger partial charge >= 0.3 is 12.1 Å². The monoisotopic (exact) mass is 389 g/mol. The minimum Gasteiger partial charge on any atom is -0.475 e. The van der Waals surface area contributed by atoms with Gasteiger partial charge in [0.05, 0.1) is 24.2 Å². The van der Waals surface area contributed by atoms with Crippen LogP contribution in [0.3, 0.4) is 0 Å². The number of fused-ring (bicyclic) bond motifs is 1. The molecule has 0 radical (unpaired) electrons. The number of aliphatic carboxylic acids is 1. The summed E-state index contributed by atoms with van der Waals surface area (Å²) in [5, 5.41) is 15.9. The highest BCUT2D eigenvalue weighted by molar-refractivity contribution is 5.73. The van der Waals surface area contributed by atoms with E-state index in [9.17, 15) is 13.2 Å². The number of alkyl halides is 3. The fourth-order valence-electron chi connectivity index (χ4n) is 2.91. The van der Waals surface area contributed by atoms with E-state index in [1.54, 1.807) is 7.11 Å². The molecule has 1 N–H and O–H groups in total. The smallest absolute Gasteiger partial charge is 0.475 e. The van der Waals surface area contributed by atoms with Gasteiger partial charge in [-0.15, -0.1) is 0 Å². The van der Waals surface area contributed by atoms with E-state index in [-0.39, 0.29) is 0 Å². The number of carboxylic acids is 1. The molecule has 0 spiro atoms. The van der Waals surface area contributed by atoms with Crippen molar-refractivity contribution in [3.05, 3.63) is 34.9 Å². The second-order valence-corrected chi connectivity index (χ2v) is 6.21. The quantitative estimate of drug-likeness (QED) is 0.853. The standard InChI is InChI=1S/C14H21N5O.C2HF3O2/c1-17-7-11(6-15-17)8-19-5-4-12-13(10-20-3)16-18(2)14(12)9-19;3-2(4,5)1(6)7/h6-7H,4-5,8-10H2,1-3H3;(H,6,7). The van der Waals surface area contributed by atoms with E-state index in [0.29, 0.717) is 6.61 Å². The normalized spacial score (nSPS) is 14.4. The second-order valence-electron chi connectivity index (χ2n) is 6.21. The van der Waals surface area contributed by atoms with Crippen molar-refractivity contribution in [3.63, 3.8) is 0 Å². The molecule has 3 rings (SSSR count). The van der Waals surface area contributed by atoms with E-state index in [2.05, 4.69) is 21.3 Å². The topological polar surface area (TPSA) is 85.4 Å². The van der Waals surface area contributed by atoms with Crippen LogP contribution in [-0.2, 0) is 49.7 Å². The van der Waals surface area contributed by atoms with Crippen molar-refractivity contribution < 1.29 is 27.8 Å². The molecule has 11 heteroatoms. The third-order valence-electron chi connectivity index (χ3n) is 4.10. The van der Waals surface area contributed by atoms with E-state index in [1.807, 2.05) is 29.7 Å². The maximum atomic E-state index is 10.6. The van der Waals surface area contributed by atoms with Gasteiger partial charge in [0.1, 0.15) is 0 Å². The third kappa shape index (κ3) is 5.54. The molecule has 3 heterocycles. The van der Waals surface area contributed by atoms with Gasteiger partial charge in [0.15, 0.2) is 0 Å². The highest BCUT2D eigenvalue weighted by Gasteiger charge is 2.38. The summed E-state index contributed by atoms with van der Waals surface area (Å²) in [6.45, 7) is 3.55. The Labute approximate surface area is 154 Å². The van der Waals surface area contributed by atoms with Crippen LogP contribution < -0.4 is 0 Å². The number of carboxylic acid groups (broad SMARTS) is 1. The Morgan fingerprint density at radius 2 is 2.04 bits per heavy atom. The van der Waals surface area contributed by atoms with Gasteiger partial charge in [-0.2, -0.15) is 23.4 Å². The van der Waals surface area contributed by atoms with Crippen LogP contribution in [0.4, 0.5) is 13.2 Å². The first kappa shape index (κ1) is 20.9. The summed E-state index contributed by atoms with van der Waals surface area (Å²) in [5.74, 6) is -2.76. The van der Waals surface area contributed by atoms with Gasteiger partial charge in [-0.1, -0.05) is 0 Å². The van der Waals surface area contributed by atoms with Crippen molar-refractivity contribution in [3.8, 4) is 0 Å². The van der Waals surface area contributed by atoms with Crippen molar-refractivity contribution in [2.24, 2.45) is 14.1 Å². The molecule has 0 aromatic carbocycles. The van der Waals surface area contributed by atoms with Gasteiger partial charge in [0.25, 0.3) is 0 Å². The number of carbonyl (C=O) groups is 1. The molecule has 0 fully saturated rings. The lowest BCUT2D eigenvalue weighted by molar-refractivity contribution is -0.192. The fraction of sp³-hybridized carbons (Fsp3) is 0.562. The predicted octanol–water partition coefficient (Wildman–Crippen LogP) is 1.49. The van der Waals surface area contributed by atoms with Crippen LogP contribution in [0.15, 0.2) is 12.4 Å². The average molecular weight is 389 g/mol. The number of rotatable bonds is 4. The SMILES string of the molecule is COCc1nn(C)c2c1CCN(Cc1cnn(C)c1)C2.O=C(O)C(F)(F)F. The molecule has 0 unspecified atom stereocenters. The number of nitrogens with zero attached hydrogens (tertiary/aromatic N) is 5. The molecule has 0 saturated heterocycles. The molecule has 1 aliphatic heterocycles. The number of ether oxygens (including phenoxy) is 1. The number of aromatic nitrogens is 4. The molecule has 0 atom stereocenters. The lowest BCUT2D eigenvalue weighted by atomic mass is 10.0. The maximum Gasteiger partial charge on any atom is 0.490 e. The van der Waals surface area contributed by atoms with E-state index in [1.165, 1.54) is 16.8 Å². The van der Waals surface area contributed by atoms with Crippen LogP contribution in [0.25, 0.3) is 0 Å². The number of hydrogen-bond donors (Lipinski definition) is 1. The zero-order valence-corrected chi connectivity index (χ0v) is 15.3. The summed E-state index contributed by atoms with van der Waals surface area (Å²) in [7, 11) is 5.69. The van der Waals surface area contributed by atoms with Gasteiger partial charge in [-0.3, -0.25) is 14.3 Å². The molecular formula is C16H22F3N5O3. The third-order valence-corrected chi connectivity index (χ3v) is 4.10. The summed E-state index contributed by atoms with van der Waals surface area (Å²) in [6.07, 6.45) is -0.0215. The van der Waals surface area contributed by atoms with E-state index in [4.69, 9.17) is 14.6 Å². The minimum atomic E-state index is -5.08. The number of halogens is 3. The van der Waals surface area contributed by atoms with Crippen molar-refractivity contribution >= 4 is 5.97 Å². The molecular weight excluding hydrogens is 367 g/mol. The summed E-state index contributed by atoms with van der Waals surface area (Å²) in [4.78, 5) is 11.3. The highest BCUT2D eigenvalue weighted by Crippen LogP contribution is 2.23. The van der Waals surface area contributed by atoms with Crippen molar-refractivity contribution in [2.75, 3.05) is 13.7 Å². The first-order chi connectivity index (χ1) is 12.6. The summed E-state index contributed by atoms with van der Waals surface area (Å²) < 4.78 is 40.8. The molecule has 0 aliphatic carbocycles. The first-order valence-electron chi connectivity index (χ1n) is 8.14. The Balaban J connectivity index is 0.000000321. The zero-order valence-electron chi connectivity index (χ0n) is 15.3. The molecule has 8 nitrogen and oxygen atoms in total. The van der Waals surface area contributed by atoms with Crippen molar-refractivity contribution in [1.29, 1.82) is 0 Å². The highest BCUT2D eigenvalue weighted by atomic mass is 19.4. The first-order valence-corrected chi connectivity index (χ1v) is 8.14. The van der Waals surface area contributed by atoms with Crippen LogP contribution in [0.2, 0.25) is 0 Å². The van der Waals surface area contributed by atoms with Crippen molar-refractivity contribution in [1.82, 2.24) is 24.5 Å². The van der Waals surface area contributed by atoms with Crippen molar-refractivity contribution in [2.45, 2.75) is 32.3 Å². The van der Waals surface area contributed by atoms with Crippen LogP contribution in [0.1, 0.15) is 22.5 Å². The Hall–Kier alpha value is -2.40. The molecule has 0 bridgehead atoms. The maximum absolute atomic E-state index is 10.6. The molecule has 0 amide bonds. The predicted molar refractivity (Wildman–Crippen MR) is 88.6 cm³/mol. The van der Waals surface area contributed by atoms with Gasteiger partial charge in [-0.25, -0.2) is 4.79 Å². The van der Waals surface area contributed by atoms with Crippen LogP contribution in [0.5, 0.6) is 0 Å². The average Bonchev–Trinajstić information content (AvgIpc) is 3.11. The van der Waals surface area contributed by atoms with Crippen LogP contribution in [-0.4, -0.2) is 55.4 Å². The Kier molecular flexibility index (Phi) is 6.60.